The maximum Gasteiger partial charge on any atom is 0.167 e. The quantitative estimate of drug-likeness (QED) is 0.684. The Morgan fingerprint density at radius 3 is 2.96 bits per heavy atom. The Morgan fingerprint density at radius 1 is 1.31 bits per heavy atom. The van der Waals surface area contributed by atoms with Crippen LogP contribution in [0.5, 0.6) is 0 Å². The number of carbonyl (C=O) groups is 1. The molecule has 1 aliphatic heterocycles. The number of H-pyrrole nitrogens is 1. The number of carbonyl (C=O) groups excluding carboxylic acids is 1. The van der Waals surface area contributed by atoms with Gasteiger partial charge in [-0.05, 0) is 62.2 Å². The lowest BCUT2D eigenvalue weighted by molar-refractivity contribution is 0.0808. The van der Waals surface area contributed by atoms with Crippen LogP contribution in [0.1, 0.15) is 34.6 Å². The van der Waals surface area contributed by atoms with E-state index < -0.39 is 0 Å². The first-order valence-corrected chi connectivity index (χ1v) is 9.44. The minimum absolute atomic E-state index is 0.0352. The van der Waals surface area contributed by atoms with Crippen LogP contribution in [0.4, 0.5) is 0 Å². The first kappa shape index (κ1) is 17.3. The molecule has 26 heavy (non-hydrogen) atoms. The number of imidazole rings is 1. The number of nitrogens with zero attached hydrogens (tertiary/aromatic N) is 2. The van der Waals surface area contributed by atoms with Crippen molar-refractivity contribution in [3.8, 4) is 0 Å². The van der Waals surface area contributed by atoms with E-state index in [0.29, 0.717) is 5.02 Å². The van der Waals surface area contributed by atoms with Gasteiger partial charge in [0, 0.05) is 23.0 Å². The summed E-state index contributed by atoms with van der Waals surface area (Å²) in [5, 5.41) is 0.675. The number of aryl methyl sites for hydroxylation is 1. The number of aromatic nitrogens is 2. The molecule has 0 amide bonds. The maximum absolute atomic E-state index is 13.0. The predicted molar refractivity (Wildman–Crippen MR) is 105 cm³/mol. The molecule has 1 fully saturated rings. The predicted octanol–water partition coefficient (Wildman–Crippen LogP) is 4.62. The number of nitrogens with one attached hydrogen (secondary N) is 1. The molecule has 2 heterocycles. The van der Waals surface area contributed by atoms with Crippen LogP contribution in [-0.4, -0.2) is 33.7 Å². The summed E-state index contributed by atoms with van der Waals surface area (Å²) in [7, 11) is 0. The molecule has 5 heteroatoms. The molecule has 0 radical (unpaired) electrons. The first-order valence-electron chi connectivity index (χ1n) is 9.06. The summed E-state index contributed by atoms with van der Waals surface area (Å²) < 4.78 is 0. The van der Waals surface area contributed by atoms with E-state index in [4.69, 9.17) is 11.6 Å². The zero-order valence-electron chi connectivity index (χ0n) is 14.8. The Bertz CT molecular complexity index is 916. The molecule has 1 atom stereocenters. The average Bonchev–Trinajstić information content (AvgIpc) is 3.03. The van der Waals surface area contributed by atoms with Crippen LogP contribution in [0.15, 0.2) is 42.5 Å². The number of benzene rings is 2. The lowest BCUT2D eigenvalue weighted by Gasteiger charge is -2.31. The maximum atomic E-state index is 13.0. The first-order chi connectivity index (χ1) is 12.6. The highest BCUT2D eigenvalue weighted by Crippen LogP contribution is 2.25. The fraction of sp³-hybridized carbons (Fsp3) is 0.333. The van der Waals surface area contributed by atoms with E-state index in [1.807, 2.05) is 43.3 Å². The fourth-order valence-electron chi connectivity index (χ4n) is 3.83. The Kier molecular flexibility index (Phi) is 4.79. The van der Waals surface area contributed by atoms with Gasteiger partial charge in [0.25, 0.3) is 0 Å². The summed E-state index contributed by atoms with van der Waals surface area (Å²) in [6.45, 7) is 4.48. The molecule has 1 unspecified atom stereocenters. The number of Topliss-reactive ketones (excluding diaryl/α,β-unsaturated/α-hetero) is 1. The van der Waals surface area contributed by atoms with Crippen molar-refractivity contribution in [2.24, 2.45) is 5.92 Å². The summed E-state index contributed by atoms with van der Waals surface area (Å²) in [5.74, 6) is 1.23. The third kappa shape index (κ3) is 3.53. The SMILES string of the molecule is Cc1cc(Cl)ccc1C(=O)C1CCCN(Cc2nc3ccccc3[nH]2)C1. The fourth-order valence-corrected chi connectivity index (χ4v) is 4.06. The third-order valence-corrected chi connectivity index (χ3v) is 5.38. The molecule has 1 N–H and O–H groups in total. The molecule has 1 aliphatic rings. The van der Waals surface area contributed by atoms with E-state index in [1.54, 1.807) is 6.07 Å². The third-order valence-electron chi connectivity index (χ3n) is 5.14. The van der Waals surface area contributed by atoms with Gasteiger partial charge in [0.05, 0.1) is 17.6 Å². The molecule has 0 saturated carbocycles. The van der Waals surface area contributed by atoms with Gasteiger partial charge < -0.3 is 4.98 Å². The van der Waals surface area contributed by atoms with Gasteiger partial charge in [-0.15, -0.1) is 0 Å². The monoisotopic (exact) mass is 367 g/mol. The van der Waals surface area contributed by atoms with E-state index in [-0.39, 0.29) is 11.7 Å². The molecule has 134 valence electrons. The highest BCUT2D eigenvalue weighted by atomic mass is 35.5. The van der Waals surface area contributed by atoms with Crippen LogP contribution >= 0.6 is 11.6 Å². The van der Waals surface area contributed by atoms with E-state index in [9.17, 15) is 4.79 Å². The van der Waals surface area contributed by atoms with Gasteiger partial charge in [0.1, 0.15) is 5.82 Å². The summed E-state index contributed by atoms with van der Waals surface area (Å²) in [4.78, 5) is 23.3. The van der Waals surface area contributed by atoms with Crippen LogP contribution < -0.4 is 0 Å². The Hall–Kier alpha value is -2.17. The Labute approximate surface area is 158 Å². The van der Waals surface area contributed by atoms with Gasteiger partial charge in [0.2, 0.25) is 0 Å². The van der Waals surface area contributed by atoms with Crippen LogP contribution in [0, 0.1) is 12.8 Å². The average molecular weight is 368 g/mol. The number of para-hydroxylation sites is 2. The second kappa shape index (κ2) is 7.22. The van der Waals surface area contributed by atoms with Crippen molar-refractivity contribution in [2.45, 2.75) is 26.3 Å². The second-order valence-corrected chi connectivity index (χ2v) is 7.53. The van der Waals surface area contributed by atoms with Gasteiger partial charge in [-0.1, -0.05) is 23.7 Å². The van der Waals surface area contributed by atoms with Gasteiger partial charge in [-0.25, -0.2) is 4.98 Å². The van der Waals surface area contributed by atoms with E-state index in [1.165, 1.54) is 0 Å². The molecule has 1 saturated heterocycles. The number of fused-ring (bicyclic) bond motifs is 1. The topological polar surface area (TPSA) is 49.0 Å². The number of hydrogen-bond donors (Lipinski definition) is 1. The van der Waals surface area contributed by atoms with Crippen LogP contribution in [-0.2, 0) is 6.54 Å². The number of aromatic amines is 1. The normalized spacial score (nSPS) is 18.3. The van der Waals surface area contributed by atoms with Gasteiger partial charge in [0.15, 0.2) is 5.78 Å². The Balaban J connectivity index is 1.47. The molecule has 3 aromatic rings. The van der Waals surface area contributed by atoms with Crippen molar-refractivity contribution < 1.29 is 4.79 Å². The summed E-state index contributed by atoms with van der Waals surface area (Å²) in [5.41, 5.74) is 3.80. The minimum atomic E-state index is 0.0352. The molecular formula is C21H22ClN3O. The molecule has 0 bridgehead atoms. The largest absolute Gasteiger partial charge is 0.341 e. The molecule has 4 rings (SSSR count). The lowest BCUT2D eigenvalue weighted by Crippen LogP contribution is -2.38. The highest BCUT2D eigenvalue weighted by Gasteiger charge is 2.27. The Morgan fingerprint density at radius 2 is 2.15 bits per heavy atom. The number of rotatable bonds is 4. The van der Waals surface area contributed by atoms with Crippen LogP contribution in [0.25, 0.3) is 11.0 Å². The zero-order valence-corrected chi connectivity index (χ0v) is 15.6. The number of hydrogen-bond acceptors (Lipinski definition) is 3. The second-order valence-electron chi connectivity index (χ2n) is 7.10. The minimum Gasteiger partial charge on any atom is -0.341 e. The summed E-state index contributed by atoms with van der Waals surface area (Å²) >= 11 is 6.02. The molecular weight excluding hydrogens is 346 g/mol. The van der Waals surface area contributed by atoms with E-state index >= 15 is 0 Å². The molecule has 4 nitrogen and oxygen atoms in total. The van der Waals surface area contributed by atoms with Gasteiger partial charge in [-0.2, -0.15) is 0 Å². The van der Waals surface area contributed by atoms with E-state index in [0.717, 1.165) is 60.5 Å². The highest BCUT2D eigenvalue weighted by molar-refractivity contribution is 6.30. The van der Waals surface area contributed by atoms with Crippen LogP contribution in [0.2, 0.25) is 5.02 Å². The summed E-state index contributed by atoms with van der Waals surface area (Å²) in [6.07, 6.45) is 1.97. The molecule has 1 aromatic heterocycles. The standard InChI is InChI=1S/C21H22ClN3O/c1-14-11-16(22)8-9-17(14)21(26)15-5-4-10-25(12-15)13-20-23-18-6-2-3-7-19(18)24-20/h2-3,6-9,11,15H,4-5,10,12-13H2,1H3,(H,23,24). The van der Waals surface area contributed by atoms with Gasteiger partial charge >= 0.3 is 0 Å². The van der Waals surface area contributed by atoms with Crippen molar-refractivity contribution >= 4 is 28.4 Å². The van der Waals surface area contributed by atoms with E-state index in [2.05, 4.69) is 14.9 Å². The zero-order chi connectivity index (χ0) is 18.1. The van der Waals surface area contributed by atoms with Gasteiger partial charge in [-0.3, -0.25) is 9.69 Å². The number of likely N-dealkylation sites (tertiary alicyclic amines) is 1. The van der Waals surface area contributed by atoms with Crippen molar-refractivity contribution in [1.82, 2.24) is 14.9 Å². The van der Waals surface area contributed by atoms with Crippen molar-refractivity contribution in [3.63, 3.8) is 0 Å². The summed E-state index contributed by atoms with van der Waals surface area (Å²) in [6, 6.07) is 13.6. The number of ketones is 1. The van der Waals surface area contributed by atoms with Crippen molar-refractivity contribution in [3.05, 3.63) is 64.4 Å². The number of halogens is 1. The smallest absolute Gasteiger partial charge is 0.167 e. The molecule has 0 spiro atoms. The molecule has 0 aliphatic carbocycles. The lowest BCUT2D eigenvalue weighted by atomic mass is 9.88. The number of piperidine rings is 1. The molecule has 2 aromatic carbocycles. The van der Waals surface area contributed by atoms with Crippen molar-refractivity contribution in [1.29, 1.82) is 0 Å². The van der Waals surface area contributed by atoms with Crippen LogP contribution in [0.3, 0.4) is 0 Å². The van der Waals surface area contributed by atoms with Crippen molar-refractivity contribution in [2.75, 3.05) is 13.1 Å².